The molecule has 0 aliphatic rings. The minimum atomic E-state index is -0.978. The lowest BCUT2D eigenvalue weighted by Crippen LogP contribution is -2.42. The number of carbonyl (C=O) groups excluding carboxylic acids is 1. The van der Waals surface area contributed by atoms with Gasteiger partial charge in [0.2, 0.25) is 5.91 Å². The minimum absolute atomic E-state index is 0.154. The summed E-state index contributed by atoms with van der Waals surface area (Å²) < 4.78 is 0. The number of nitrogens with one attached hydrogen (secondary N) is 1. The molecule has 32 heavy (non-hydrogen) atoms. The highest BCUT2D eigenvalue weighted by molar-refractivity contribution is 5.83. The van der Waals surface area contributed by atoms with Gasteiger partial charge in [-0.3, -0.25) is 4.79 Å². The summed E-state index contributed by atoms with van der Waals surface area (Å²) in [5.74, 6) is -1.13. The molecule has 0 aliphatic carbocycles. The van der Waals surface area contributed by atoms with Crippen molar-refractivity contribution in [2.75, 3.05) is 0 Å². The summed E-state index contributed by atoms with van der Waals surface area (Å²) in [6.45, 7) is 2.27. The molecule has 4 heteroatoms. The van der Waals surface area contributed by atoms with Crippen LogP contribution in [0, 0.1) is 0 Å². The molecule has 4 nitrogen and oxygen atoms in total. The lowest BCUT2D eigenvalue weighted by atomic mass is 10.0. The van der Waals surface area contributed by atoms with Crippen LogP contribution < -0.4 is 5.32 Å². The van der Waals surface area contributed by atoms with Crippen molar-refractivity contribution in [3.8, 4) is 0 Å². The summed E-state index contributed by atoms with van der Waals surface area (Å²) in [4.78, 5) is 23.6. The maximum atomic E-state index is 12.1. The van der Waals surface area contributed by atoms with Crippen molar-refractivity contribution in [3.63, 3.8) is 0 Å². The third kappa shape index (κ3) is 15.9. The molecule has 182 valence electrons. The van der Waals surface area contributed by atoms with Crippen LogP contribution in [0.5, 0.6) is 0 Å². The third-order valence-electron chi connectivity index (χ3n) is 6.17. The Morgan fingerprint density at radius 2 is 1.16 bits per heavy atom. The van der Waals surface area contributed by atoms with Gasteiger partial charge in [0.1, 0.15) is 6.04 Å². The first-order valence-corrected chi connectivity index (χ1v) is 13.2. The molecule has 0 bridgehead atoms. The number of carbonyl (C=O) groups is 2. The number of carboxylic acid groups (broad SMARTS) is 1. The molecule has 1 atom stereocenters. The fraction of sp³-hybridized carbons (Fsp3) is 0.714. The maximum absolute atomic E-state index is 12.1. The van der Waals surface area contributed by atoms with Crippen molar-refractivity contribution >= 4 is 11.9 Å². The third-order valence-corrected chi connectivity index (χ3v) is 6.17. The summed E-state index contributed by atoms with van der Waals surface area (Å²) in [7, 11) is 0. The highest BCUT2D eigenvalue weighted by Gasteiger charge is 2.19. The molecule has 1 aromatic carbocycles. The van der Waals surface area contributed by atoms with Gasteiger partial charge in [0.05, 0.1) is 0 Å². The smallest absolute Gasteiger partial charge is 0.326 e. The fourth-order valence-corrected chi connectivity index (χ4v) is 4.15. The Labute approximate surface area is 196 Å². The number of aliphatic carboxylic acids is 1. The van der Waals surface area contributed by atoms with E-state index in [2.05, 4.69) is 12.2 Å². The summed E-state index contributed by atoms with van der Waals surface area (Å²) in [6, 6.07) is 8.58. The largest absolute Gasteiger partial charge is 0.480 e. The standard InChI is InChI=1S/C28H47NO3/c1-2-3-4-5-6-7-8-9-10-11-12-13-14-15-16-20-23-27(30)29-26(28(31)32)24-25-21-18-17-19-22-25/h17-19,21-22,26H,2-16,20,23-24H2,1H3,(H,29,30)(H,31,32)/t26-/m0/s1. The zero-order valence-electron chi connectivity index (χ0n) is 20.5. The molecular formula is C28H47NO3. The van der Waals surface area contributed by atoms with Gasteiger partial charge in [-0.05, 0) is 12.0 Å². The van der Waals surface area contributed by atoms with Gasteiger partial charge in [0.15, 0.2) is 0 Å². The van der Waals surface area contributed by atoms with E-state index in [0.29, 0.717) is 12.8 Å². The zero-order valence-corrected chi connectivity index (χ0v) is 20.5. The van der Waals surface area contributed by atoms with Gasteiger partial charge in [0, 0.05) is 12.8 Å². The number of carboxylic acids is 1. The van der Waals surface area contributed by atoms with Crippen LogP contribution in [0.3, 0.4) is 0 Å². The van der Waals surface area contributed by atoms with E-state index in [0.717, 1.165) is 24.8 Å². The van der Waals surface area contributed by atoms with Crippen LogP contribution in [-0.2, 0) is 16.0 Å². The molecule has 1 aromatic rings. The number of hydrogen-bond acceptors (Lipinski definition) is 2. The Morgan fingerprint density at radius 1 is 0.719 bits per heavy atom. The average molecular weight is 446 g/mol. The second-order valence-corrected chi connectivity index (χ2v) is 9.20. The van der Waals surface area contributed by atoms with Crippen molar-refractivity contribution in [2.24, 2.45) is 0 Å². The first kappa shape index (κ1) is 28.2. The molecule has 0 saturated heterocycles. The molecular weight excluding hydrogens is 398 g/mol. The van der Waals surface area contributed by atoms with Crippen molar-refractivity contribution < 1.29 is 14.7 Å². The van der Waals surface area contributed by atoms with Crippen LogP contribution in [0.25, 0.3) is 0 Å². The van der Waals surface area contributed by atoms with E-state index in [9.17, 15) is 14.7 Å². The molecule has 1 amide bonds. The molecule has 0 aromatic heterocycles. The van der Waals surface area contributed by atoms with Crippen LogP contribution in [0.4, 0.5) is 0 Å². The summed E-state index contributed by atoms with van der Waals surface area (Å²) >= 11 is 0. The van der Waals surface area contributed by atoms with Crippen LogP contribution in [0.1, 0.15) is 122 Å². The number of rotatable bonds is 21. The van der Waals surface area contributed by atoms with Gasteiger partial charge in [-0.25, -0.2) is 4.79 Å². The van der Waals surface area contributed by atoms with Crippen LogP contribution in [-0.4, -0.2) is 23.0 Å². The van der Waals surface area contributed by atoms with E-state index in [1.165, 1.54) is 83.5 Å². The number of hydrogen-bond donors (Lipinski definition) is 2. The highest BCUT2D eigenvalue weighted by atomic mass is 16.4. The van der Waals surface area contributed by atoms with Crippen molar-refractivity contribution in [3.05, 3.63) is 35.9 Å². The Bertz CT molecular complexity index is 588. The van der Waals surface area contributed by atoms with Gasteiger partial charge >= 0.3 is 5.97 Å². The van der Waals surface area contributed by atoms with Crippen molar-refractivity contribution in [2.45, 2.75) is 129 Å². The molecule has 0 spiro atoms. The summed E-state index contributed by atoms with van der Waals surface area (Å²) in [5, 5.41) is 12.1. The fourth-order valence-electron chi connectivity index (χ4n) is 4.15. The highest BCUT2D eigenvalue weighted by Crippen LogP contribution is 2.14. The molecule has 2 N–H and O–H groups in total. The van der Waals surface area contributed by atoms with Crippen molar-refractivity contribution in [1.29, 1.82) is 0 Å². The second-order valence-electron chi connectivity index (χ2n) is 9.20. The molecule has 0 aliphatic heterocycles. The van der Waals surface area contributed by atoms with E-state index in [1.807, 2.05) is 30.3 Å². The Balaban J connectivity index is 1.93. The molecule has 0 fully saturated rings. The maximum Gasteiger partial charge on any atom is 0.326 e. The lowest BCUT2D eigenvalue weighted by Gasteiger charge is -2.14. The normalized spacial score (nSPS) is 11.9. The zero-order chi connectivity index (χ0) is 23.3. The first-order chi connectivity index (χ1) is 15.6. The van der Waals surface area contributed by atoms with E-state index in [-0.39, 0.29) is 5.91 Å². The van der Waals surface area contributed by atoms with E-state index >= 15 is 0 Å². The predicted molar refractivity (Wildman–Crippen MR) is 134 cm³/mol. The summed E-state index contributed by atoms with van der Waals surface area (Å²) in [5.41, 5.74) is 0.919. The number of benzene rings is 1. The molecule has 0 heterocycles. The topological polar surface area (TPSA) is 66.4 Å². The second kappa shape index (κ2) is 19.8. The number of amides is 1. The van der Waals surface area contributed by atoms with Gasteiger partial charge < -0.3 is 10.4 Å². The Kier molecular flexibility index (Phi) is 17.5. The van der Waals surface area contributed by atoms with Gasteiger partial charge in [-0.1, -0.05) is 134 Å². The van der Waals surface area contributed by atoms with Crippen molar-refractivity contribution in [1.82, 2.24) is 5.32 Å². The van der Waals surface area contributed by atoms with Crippen LogP contribution in [0.2, 0.25) is 0 Å². The molecule has 0 saturated carbocycles. The first-order valence-electron chi connectivity index (χ1n) is 13.2. The quantitative estimate of drug-likeness (QED) is 0.193. The molecule has 0 radical (unpaired) electrons. The van der Waals surface area contributed by atoms with Gasteiger partial charge in [0.25, 0.3) is 0 Å². The van der Waals surface area contributed by atoms with Crippen LogP contribution >= 0.6 is 0 Å². The van der Waals surface area contributed by atoms with Crippen LogP contribution in [0.15, 0.2) is 30.3 Å². The predicted octanol–water partition coefficient (Wildman–Crippen LogP) is 7.45. The average Bonchev–Trinajstić information content (AvgIpc) is 2.79. The Morgan fingerprint density at radius 3 is 1.59 bits per heavy atom. The van der Waals surface area contributed by atoms with Gasteiger partial charge in [-0.2, -0.15) is 0 Å². The van der Waals surface area contributed by atoms with E-state index < -0.39 is 12.0 Å². The minimum Gasteiger partial charge on any atom is -0.480 e. The number of unbranched alkanes of at least 4 members (excludes halogenated alkanes) is 15. The lowest BCUT2D eigenvalue weighted by molar-refractivity contribution is -0.141. The molecule has 0 unspecified atom stereocenters. The SMILES string of the molecule is CCCCCCCCCCCCCCCCCCC(=O)N[C@@H](Cc1ccccc1)C(=O)O. The Hall–Kier alpha value is -1.84. The summed E-state index contributed by atoms with van der Waals surface area (Å²) in [6.07, 6.45) is 21.6. The van der Waals surface area contributed by atoms with E-state index in [1.54, 1.807) is 0 Å². The van der Waals surface area contributed by atoms with Gasteiger partial charge in [-0.15, -0.1) is 0 Å². The van der Waals surface area contributed by atoms with E-state index in [4.69, 9.17) is 0 Å². The monoisotopic (exact) mass is 445 g/mol. The molecule has 1 rings (SSSR count).